The molecule has 172 valence electrons. The summed E-state index contributed by atoms with van der Waals surface area (Å²) in [4.78, 5) is 28.8. The van der Waals surface area contributed by atoms with E-state index in [1.807, 2.05) is 69.3 Å². The molecule has 4 rings (SSSR count). The SMILES string of the molecule is Cc1ccc(NC(=O)/C(=N\Nc2ccc([N+](=O)[O-])cc2)C2=NC(C)(C)Cc3ccccc32)cc1. The molecule has 1 amide bonds. The van der Waals surface area contributed by atoms with Crippen molar-refractivity contribution in [1.82, 2.24) is 0 Å². The van der Waals surface area contributed by atoms with Gasteiger partial charge in [0.2, 0.25) is 0 Å². The van der Waals surface area contributed by atoms with E-state index in [-0.39, 0.29) is 11.4 Å². The minimum absolute atomic E-state index is 0.0285. The van der Waals surface area contributed by atoms with Crippen LogP contribution in [0.15, 0.2) is 82.9 Å². The number of carbonyl (C=O) groups excluding carboxylic acids is 1. The van der Waals surface area contributed by atoms with Crippen LogP contribution in [-0.4, -0.2) is 27.8 Å². The van der Waals surface area contributed by atoms with Gasteiger partial charge in [-0.3, -0.25) is 25.3 Å². The molecular formula is C26H25N5O3. The molecule has 0 aliphatic carbocycles. The molecule has 34 heavy (non-hydrogen) atoms. The van der Waals surface area contributed by atoms with Crippen molar-refractivity contribution >= 4 is 34.4 Å². The van der Waals surface area contributed by atoms with Crippen LogP contribution in [-0.2, 0) is 11.2 Å². The van der Waals surface area contributed by atoms with Gasteiger partial charge in [0.15, 0.2) is 5.71 Å². The monoisotopic (exact) mass is 455 g/mol. The van der Waals surface area contributed by atoms with E-state index in [2.05, 4.69) is 15.8 Å². The molecule has 0 saturated heterocycles. The van der Waals surface area contributed by atoms with Crippen molar-refractivity contribution in [3.05, 3.63) is 99.6 Å². The highest BCUT2D eigenvalue weighted by Crippen LogP contribution is 2.28. The van der Waals surface area contributed by atoms with Crippen molar-refractivity contribution in [2.45, 2.75) is 32.7 Å². The predicted octanol–water partition coefficient (Wildman–Crippen LogP) is 5.13. The summed E-state index contributed by atoms with van der Waals surface area (Å²) in [6, 6.07) is 21.2. The molecule has 2 N–H and O–H groups in total. The number of fused-ring (bicyclic) bond motifs is 1. The highest BCUT2D eigenvalue weighted by atomic mass is 16.6. The first-order chi connectivity index (χ1) is 16.2. The minimum Gasteiger partial charge on any atom is -0.321 e. The zero-order valence-electron chi connectivity index (χ0n) is 19.2. The highest BCUT2D eigenvalue weighted by Gasteiger charge is 2.31. The molecule has 0 spiro atoms. The number of carbonyl (C=O) groups is 1. The fourth-order valence-corrected chi connectivity index (χ4v) is 3.77. The third kappa shape index (κ3) is 5.17. The first kappa shape index (κ1) is 22.8. The Morgan fingerprint density at radius 3 is 2.32 bits per heavy atom. The fourth-order valence-electron chi connectivity index (χ4n) is 3.77. The number of rotatable bonds is 6. The smallest absolute Gasteiger partial charge is 0.278 e. The van der Waals surface area contributed by atoms with Gasteiger partial charge >= 0.3 is 0 Å². The van der Waals surface area contributed by atoms with E-state index in [1.165, 1.54) is 24.3 Å². The van der Waals surface area contributed by atoms with Crippen molar-refractivity contribution in [3.63, 3.8) is 0 Å². The normalized spacial score (nSPS) is 14.6. The van der Waals surface area contributed by atoms with E-state index >= 15 is 0 Å². The van der Waals surface area contributed by atoms with Gasteiger partial charge < -0.3 is 5.32 Å². The van der Waals surface area contributed by atoms with Crippen molar-refractivity contribution in [3.8, 4) is 0 Å². The number of anilines is 2. The van der Waals surface area contributed by atoms with E-state index in [0.717, 1.165) is 23.1 Å². The summed E-state index contributed by atoms with van der Waals surface area (Å²) in [7, 11) is 0. The molecule has 1 aliphatic rings. The third-order valence-corrected chi connectivity index (χ3v) is 5.43. The zero-order valence-corrected chi connectivity index (χ0v) is 19.2. The summed E-state index contributed by atoms with van der Waals surface area (Å²) in [6.45, 7) is 6.01. The number of benzene rings is 3. The topological polar surface area (TPSA) is 109 Å². The van der Waals surface area contributed by atoms with Crippen LogP contribution in [0.3, 0.4) is 0 Å². The first-order valence-corrected chi connectivity index (χ1v) is 10.9. The standard InChI is InChI=1S/C26H25N5O3/c1-17-8-10-19(11-9-17)27-25(32)24(30-29-20-12-14-21(15-13-20)31(33)34)23-22-7-5-4-6-18(22)16-26(2,3)28-23/h4-15,29H,16H2,1-3H3,(H,27,32)/b30-24-. The Bertz CT molecular complexity index is 1290. The molecular weight excluding hydrogens is 430 g/mol. The Kier molecular flexibility index (Phi) is 6.23. The van der Waals surface area contributed by atoms with Crippen molar-refractivity contribution in [2.24, 2.45) is 10.1 Å². The second-order valence-electron chi connectivity index (χ2n) is 8.80. The van der Waals surface area contributed by atoms with Crippen LogP contribution in [0.2, 0.25) is 0 Å². The molecule has 0 saturated carbocycles. The molecule has 1 heterocycles. The van der Waals surface area contributed by atoms with Crippen LogP contribution in [0.1, 0.15) is 30.5 Å². The summed E-state index contributed by atoms with van der Waals surface area (Å²) in [5, 5.41) is 18.3. The van der Waals surface area contributed by atoms with Crippen LogP contribution in [0, 0.1) is 17.0 Å². The molecule has 0 radical (unpaired) electrons. The maximum Gasteiger partial charge on any atom is 0.278 e. The molecule has 8 nitrogen and oxygen atoms in total. The van der Waals surface area contributed by atoms with Crippen LogP contribution in [0.25, 0.3) is 0 Å². The number of aryl methyl sites for hydroxylation is 1. The molecule has 0 unspecified atom stereocenters. The molecule has 0 fully saturated rings. The van der Waals surface area contributed by atoms with Gasteiger partial charge in [-0.25, -0.2) is 0 Å². The quantitative estimate of drug-likeness (QED) is 0.305. The summed E-state index contributed by atoms with van der Waals surface area (Å²) in [5.74, 6) is -0.412. The third-order valence-electron chi connectivity index (χ3n) is 5.43. The van der Waals surface area contributed by atoms with Gasteiger partial charge in [-0.1, -0.05) is 42.0 Å². The summed E-state index contributed by atoms with van der Waals surface area (Å²) < 4.78 is 0. The van der Waals surface area contributed by atoms with Crippen LogP contribution < -0.4 is 10.7 Å². The summed E-state index contributed by atoms with van der Waals surface area (Å²) in [6.07, 6.45) is 0.745. The highest BCUT2D eigenvalue weighted by molar-refractivity contribution is 6.72. The Hall–Kier alpha value is -4.33. The number of hydrogen-bond acceptors (Lipinski definition) is 6. The summed E-state index contributed by atoms with van der Waals surface area (Å²) in [5.41, 5.74) is 7.21. The second-order valence-corrected chi connectivity index (χ2v) is 8.80. The first-order valence-electron chi connectivity index (χ1n) is 10.9. The number of aliphatic imine (C=N–C) groups is 1. The number of amides is 1. The maximum absolute atomic E-state index is 13.4. The van der Waals surface area contributed by atoms with Crippen molar-refractivity contribution < 1.29 is 9.72 Å². The molecule has 3 aromatic rings. The number of nitrogens with zero attached hydrogens (tertiary/aromatic N) is 3. The number of hydrogen-bond donors (Lipinski definition) is 2. The average Bonchev–Trinajstić information content (AvgIpc) is 2.80. The lowest BCUT2D eigenvalue weighted by molar-refractivity contribution is -0.384. The van der Waals surface area contributed by atoms with Crippen molar-refractivity contribution in [2.75, 3.05) is 10.7 Å². The van der Waals surface area contributed by atoms with Gasteiger partial charge in [0.25, 0.3) is 11.6 Å². The molecule has 3 aromatic carbocycles. The molecule has 0 atom stereocenters. The maximum atomic E-state index is 13.4. The number of nitro benzene ring substituents is 1. The van der Waals surface area contributed by atoms with Gasteiger partial charge in [-0.2, -0.15) is 5.10 Å². The van der Waals surface area contributed by atoms with E-state index in [4.69, 9.17) is 4.99 Å². The van der Waals surface area contributed by atoms with E-state index in [9.17, 15) is 14.9 Å². The van der Waals surface area contributed by atoms with Crippen LogP contribution in [0.4, 0.5) is 17.1 Å². The fraction of sp³-hybridized carbons (Fsp3) is 0.192. The van der Waals surface area contributed by atoms with Crippen molar-refractivity contribution in [1.29, 1.82) is 0 Å². The van der Waals surface area contributed by atoms with E-state index in [0.29, 0.717) is 17.1 Å². The van der Waals surface area contributed by atoms with E-state index in [1.54, 1.807) is 0 Å². The van der Waals surface area contributed by atoms with Crippen LogP contribution >= 0.6 is 0 Å². The van der Waals surface area contributed by atoms with Gasteiger partial charge in [-0.15, -0.1) is 0 Å². The number of hydrazone groups is 1. The van der Waals surface area contributed by atoms with Gasteiger partial charge in [0.1, 0.15) is 0 Å². The summed E-state index contributed by atoms with van der Waals surface area (Å²) >= 11 is 0. The van der Waals surface area contributed by atoms with E-state index < -0.39 is 16.4 Å². The zero-order chi connectivity index (χ0) is 24.3. The predicted molar refractivity (Wildman–Crippen MR) is 135 cm³/mol. The number of non-ortho nitro benzene ring substituents is 1. The van der Waals surface area contributed by atoms with Gasteiger partial charge in [0, 0.05) is 23.4 Å². The lowest BCUT2D eigenvalue weighted by Gasteiger charge is -2.29. The number of nitrogens with one attached hydrogen (secondary N) is 2. The molecule has 0 aromatic heterocycles. The lowest BCUT2D eigenvalue weighted by atomic mass is 9.85. The molecule has 8 heteroatoms. The Balaban J connectivity index is 1.73. The Labute approximate surface area is 197 Å². The largest absolute Gasteiger partial charge is 0.321 e. The Morgan fingerprint density at radius 1 is 1.00 bits per heavy atom. The molecule has 0 bridgehead atoms. The number of nitro groups is 1. The van der Waals surface area contributed by atoms with Gasteiger partial charge in [0.05, 0.1) is 21.9 Å². The van der Waals surface area contributed by atoms with Gasteiger partial charge in [-0.05, 0) is 57.0 Å². The average molecular weight is 456 g/mol. The Morgan fingerprint density at radius 2 is 1.65 bits per heavy atom. The minimum atomic E-state index is -0.469. The van der Waals surface area contributed by atoms with Crippen LogP contribution in [0.5, 0.6) is 0 Å². The lowest BCUT2D eigenvalue weighted by Crippen LogP contribution is -2.38. The molecule has 1 aliphatic heterocycles. The second kappa shape index (κ2) is 9.27.